The molecule has 2 aromatic carbocycles. The van der Waals surface area contributed by atoms with Crippen molar-refractivity contribution in [1.82, 2.24) is 15.1 Å². The Morgan fingerprint density at radius 1 is 1.18 bits per heavy atom. The summed E-state index contributed by atoms with van der Waals surface area (Å²) in [4.78, 5) is 2.42. The highest BCUT2D eigenvalue weighted by atomic mass is 19.1. The lowest BCUT2D eigenvalue weighted by atomic mass is 9.89. The van der Waals surface area contributed by atoms with E-state index in [4.69, 9.17) is 4.74 Å². The summed E-state index contributed by atoms with van der Waals surface area (Å²) < 4.78 is 18.7. The maximum absolute atomic E-state index is 13.6. The third-order valence-electron chi connectivity index (χ3n) is 5.62. The third-order valence-corrected chi connectivity index (χ3v) is 5.62. The van der Waals surface area contributed by atoms with Gasteiger partial charge in [0.15, 0.2) is 11.6 Å². The van der Waals surface area contributed by atoms with Crippen LogP contribution in [0.25, 0.3) is 11.1 Å². The molecule has 1 N–H and O–H groups in total. The van der Waals surface area contributed by atoms with Gasteiger partial charge in [-0.1, -0.05) is 35.9 Å². The van der Waals surface area contributed by atoms with Crippen LogP contribution in [0.1, 0.15) is 35.6 Å². The van der Waals surface area contributed by atoms with Gasteiger partial charge in [-0.2, -0.15) is 5.10 Å². The van der Waals surface area contributed by atoms with E-state index in [1.54, 1.807) is 6.07 Å². The van der Waals surface area contributed by atoms with Gasteiger partial charge < -0.3 is 4.74 Å². The van der Waals surface area contributed by atoms with Crippen LogP contribution < -0.4 is 4.74 Å². The van der Waals surface area contributed by atoms with Gasteiger partial charge in [-0.3, -0.25) is 10.00 Å². The second-order valence-corrected chi connectivity index (χ2v) is 7.59. The summed E-state index contributed by atoms with van der Waals surface area (Å²) in [5.41, 5.74) is 6.02. The maximum atomic E-state index is 13.6. The lowest BCUT2D eigenvalue weighted by molar-refractivity contribution is 0.203. The number of likely N-dealkylation sites (tertiary alicyclic amines) is 1. The van der Waals surface area contributed by atoms with E-state index in [2.05, 4.69) is 46.3 Å². The van der Waals surface area contributed by atoms with Crippen LogP contribution in [0.4, 0.5) is 4.39 Å². The average Bonchev–Trinajstić information content (AvgIpc) is 3.20. The molecule has 0 saturated carbocycles. The molecule has 0 atom stereocenters. The smallest absolute Gasteiger partial charge is 0.165 e. The van der Waals surface area contributed by atoms with Crippen LogP contribution in [-0.4, -0.2) is 35.3 Å². The van der Waals surface area contributed by atoms with E-state index in [1.165, 1.54) is 35.6 Å². The Balaban J connectivity index is 1.42. The van der Waals surface area contributed by atoms with Crippen molar-refractivity contribution in [2.24, 2.45) is 0 Å². The van der Waals surface area contributed by atoms with Crippen LogP contribution in [0.2, 0.25) is 0 Å². The highest BCUT2D eigenvalue weighted by Crippen LogP contribution is 2.34. The number of benzene rings is 2. The van der Waals surface area contributed by atoms with Crippen molar-refractivity contribution >= 4 is 0 Å². The molecule has 0 aliphatic carbocycles. The van der Waals surface area contributed by atoms with Crippen LogP contribution in [0.5, 0.6) is 5.75 Å². The van der Waals surface area contributed by atoms with E-state index in [-0.39, 0.29) is 5.82 Å². The second-order valence-electron chi connectivity index (χ2n) is 7.59. The van der Waals surface area contributed by atoms with Crippen molar-refractivity contribution in [2.45, 2.75) is 32.2 Å². The Morgan fingerprint density at radius 2 is 2.00 bits per heavy atom. The van der Waals surface area contributed by atoms with Crippen LogP contribution in [0, 0.1) is 12.7 Å². The number of piperidine rings is 1. The molecule has 1 aromatic heterocycles. The Hall–Kier alpha value is -2.66. The number of halogens is 1. The number of aromatic nitrogens is 2. The van der Waals surface area contributed by atoms with Crippen molar-refractivity contribution < 1.29 is 9.13 Å². The van der Waals surface area contributed by atoms with Crippen molar-refractivity contribution in [3.8, 4) is 16.9 Å². The maximum Gasteiger partial charge on any atom is 0.165 e. The predicted molar refractivity (Wildman–Crippen MR) is 109 cm³/mol. The minimum atomic E-state index is -0.312. The van der Waals surface area contributed by atoms with Crippen molar-refractivity contribution in [3.63, 3.8) is 0 Å². The fraction of sp³-hybridized carbons (Fsp3) is 0.348. The minimum absolute atomic E-state index is 0.312. The summed E-state index contributed by atoms with van der Waals surface area (Å²) >= 11 is 0. The third kappa shape index (κ3) is 3.94. The van der Waals surface area contributed by atoms with Gasteiger partial charge in [-0.15, -0.1) is 0 Å². The van der Waals surface area contributed by atoms with Gasteiger partial charge >= 0.3 is 0 Å². The van der Waals surface area contributed by atoms with Crippen LogP contribution in [0.15, 0.2) is 48.7 Å². The summed E-state index contributed by atoms with van der Waals surface area (Å²) in [5.74, 6) is 0.484. The molecule has 0 unspecified atom stereocenters. The van der Waals surface area contributed by atoms with Gasteiger partial charge in [0.2, 0.25) is 0 Å². The Morgan fingerprint density at radius 3 is 2.75 bits per heavy atom. The van der Waals surface area contributed by atoms with Gasteiger partial charge in [0.05, 0.1) is 13.3 Å². The van der Waals surface area contributed by atoms with E-state index >= 15 is 0 Å². The van der Waals surface area contributed by atoms with Crippen molar-refractivity contribution in [2.75, 3.05) is 20.2 Å². The number of ether oxygens (including phenoxy) is 1. The minimum Gasteiger partial charge on any atom is -0.494 e. The molecular formula is C23H26FN3O. The molecule has 1 aliphatic rings. The number of hydrogen-bond donors (Lipinski definition) is 1. The number of rotatable bonds is 5. The molecule has 3 aromatic rings. The summed E-state index contributed by atoms with van der Waals surface area (Å²) in [6.07, 6.45) is 4.11. The largest absolute Gasteiger partial charge is 0.494 e. The zero-order chi connectivity index (χ0) is 19.5. The highest BCUT2D eigenvalue weighted by molar-refractivity contribution is 5.66. The standard InChI is InChI=1S/C23H26FN3O/c1-16-4-3-5-19(12-16)20-14-25-26-23(20)18-8-10-27(11-9-18)15-17-6-7-21(24)22(13-17)28-2/h3-7,12-14,18H,8-11,15H2,1-2H3,(H,25,26). The molecule has 0 bridgehead atoms. The first kappa shape index (κ1) is 18.7. The van der Waals surface area contributed by atoms with E-state index < -0.39 is 0 Å². The molecule has 1 saturated heterocycles. The first-order valence-electron chi connectivity index (χ1n) is 9.79. The monoisotopic (exact) mass is 379 g/mol. The number of nitrogens with one attached hydrogen (secondary N) is 1. The molecule has 28 heavy (non-hydrogen) atoms. The molecular weight excluding hydrogens is 353 g/mol. The topological polar surface area (TPSA) is 41.1 Å². The normalized spacial score (nSPS) is 15.7. The molecule has 0 radical (unpaired) electrons. The second kappa shape index (κ2) is 8.15. The number of H-pyrrole nitrogens is 1. The van der Waals surface area contributed by atoms with Gasteiger partial charge in [0, 0.05) is 23.7 Å². The molecule has 4 nitrogen and oxygen atoms in total. The molecule has 1 aliphatic heterocycles. The van der Waals surface area contributed by atoms with E-state index in [0.29, 0.717) is 11.7 Å². The first-order chi connectivity index (χ1) is 13.6. The van der Waals surface area contributed by atoms with Crippen LogP contribution in [0.3, 0.4) is 0 Å². The van der Waals surface area contributed by atoms with Crippen LogP contribution in [-0.2, 0) is 6.54 Å². The summed E-state index contributed by atoms with van der Waals surface area (Å²) in [7, 11) is 1.50. The van der Waals surface area contributed by atoms with E-state index in [0.717, 1.165) is 38.0 Å². The SMILES string of the molecule is COc1cc(CN2CCC(c3[nH]ncc3-c3cccc(C)c3)CC2)ccc1F. The molecule has 2 heterocycles. The first-order valence-corrected chi connectivity index (χ1v) is 9.79. The van der Waals surface area contributed by atoms with Gasteiger partial charge in [-0.25, -0.2) is 4.39 Å². The predicted octanol–water partition coefficient (Wildman–Crippen LogP) is 4.91. The van der Waals surface area contributed by atoms with Crippen molar-refractivity contribution in [1.29, 1.82) is 0 Å². The molecule has 146 valence electrons. The van der Waals surface area contributed by atoms with Gasteiger partial charge in [-0.05, 0) is 56.1 Å². The number of methoxy groups -OCH3 is 1. The Kier molecular flexibility index (Phi) is 5.44. The number of aryl methyl sites for hydroxylation is 1. The Bertz CT molecular complexity index is 945. The summed E-state index contributed by atoms with van der Waals surface area (Å²) in [6, 6.07) is 13.7. The summed E-state index contributed by atoms with van der Waals surface area (Å²) in [6.45, 7) is 4.95. The highest BCUT2D eigenvalue weighted by Gasteiger charge is 2.24. The molecule has 4 rings (SSSR count). The molecule has 5 heteroatoms. The number of hydrogen-bond acceptors (Lipinski definition) is 3. The van der Waals surface area contributed by atoms with Crippen molar-refractivity contribution in [3.05, 3.63) is 71.3 Å². The Labute approximate surface area is 165 Å². The number of aromatic amines is 1. The molecule has 0 spiro atoms. The van der Waals surface area contributed by atoms with Crippen LogP contribution >= 0.6 is 0 Å². The fourth-order valence-electron chi connectivity index (χ4n) is 4.09. The lowest BCUT2D eigenvalue weighted by Crippen LogP contribution is -2.32. The fourth-order valence-corrected chi connectivity index (χ4v) is 4.09. The van der Waals surface area contributed by atoms with Gasteiger partial charge in [0.25, 0.3) is 0 Å². The lowest BCUT2D eigenvalue weighted by Gasteiger charge is -2.32. The quantitative estimate of drug-likeness (QED) is 0.685. The zero-order valence-corrected chi connectivity index (χ0v) is 16.4. The van der Waals surface area contributed by atoms with E-state index in [1.807, 2.05) is 12.3 Å². The zero-order valence-electron chi connectivity index (χ0n) is 16.4. The van der Waals surface area contributed by atoms with Gasteiger partial charge in [0.1, 0.15) is 0 Å². The number of nitrogens with zero attached hydrogens (tertiary/aromatic N) is 2. The molecule has 0 amide bonds. The average molecular weight is 379 g/mol. The molecule has 1 fully saturated rings. The van der Waals surface area contributed by atoms with E-state index in [9.17, 15) is 4.39 Å². The summed E-state index contributed by atoms with van der Waals surface area (Å²) in [5, 5.41) is 7.58.